The SMILES string of the molecule is [CH2-]c1ccc(F)c(F)c1. The number of benzene rings is 1. The van der Waals surface area contributed by atoms with Gasteiger partial charge >= 0.3 is 0 Å². The van der Waals surface area contributed by atoms with Crippen LogP contribution in [0, 0.1) is 18.6 Å². The minimum Gasteiger partial charge on any atom is -0.218 e. The van der Waals surface area contributed by atoms with E-state index in [2.05, 4.69) is 6.92 Å². The van der Waals surface area contributed by atoms with Crippen LogP contribution < -0.4 is 0 Å². The molecule has 0 fully saturated rings. The fraction of sp³-hybridized carbons (Fsp3) is 0. The summed E-state index contributed by atoms with van der Waals surface area (Å²) >= 11 is 0. The Kier molecular flexibility index (Phi) is 1.39. The minimum absolute atomic E-state index is 0.480. The zero-order valence-corrected chi connectivity index (χ0v) is 4.70. The molecule has 2 heteroatoms. The van der Waals surface area contributed by atoms with Crippen LogP contribution >= 0.6 is 0 Å². The molecule has 0 amide bonds. The van der Waals surface area contributed by atoms with Crippen LogP contribution in [0.4, 0.5) is 8.78 Å². The highest BCUT2D eigenvalue weighted by atomic mass is 19.2. The predicted octanol–water partition coefficient (Wildman–Crippen LogP) is 2.15. The zero-order chi connectivity index (χ0) is 6.85. The Labute approximate surface area is 52.1 Å². The molecule has 0 atom stereocenters. The zero-order valence-electron chi connectivity index (χ0n) is 4.70. The molecule has 0 bridgehead atoms. The molecule has 0 heterocycles. The molecular weight excluding hydrogens is 122 g/mol. The molecule has 1 aromatic rings. The molecule has 0 saturated carbocycles. The maximum Gasteiger partial charge on any atom is 0.134 e. The lowest BCUT2D eigenvalue weighted by Crippen LogP contribution is -1.82. The van der Waals surface area contributed by atoms with Crippen LogP contribution in [0.3, 0.4) is 0 Å². The number of rotatable bonds is 0. The Morgan fingerprint density at radius 3 is 2.22 bits per heavy atom. The van der Waals surface area contributed by atoms with Gasteiger partial charge in [-0.15, -0.1) is 6.07 Å². The van der Waals surface area contributed by atoms with Crippen LogP contribution in [0.2, 0.25) is 0 Å². The van der Waals surface area contributed by atoms with E-state index in [1.807, 2.05) is 0 Å². The Hall–Kier alpha value is -1.05. The van der Waals surface area contributed by atoms with E-state index >= 15 is 0 Å². The van der Waals surface area contributed by atoms with Crippen LogP contribution in [-0.4, -0.2) is 0 Å². The highest BCUT2D eigenvalue weighted by molar-refractivity contribution is 5.19. The van der Waals surface area contributed by atoms with Gasteiger partial charge in [0.2, 0.25) is 0 Å². The van der Waals surface area contributed by atoms with E-state index in [1.165, 1.54) is 6.07 Å². The average Bonchev–Trinajstić information content (AvgIpc) is 1.80. The second-order valence-electron chi connectivity index (χ2n) is 1.75. The van der Waals surface area contributed by atoms with Crippen molar-refractivity contribution in [2.45, 2.75) is 0 Å². The summed E-state index contributed by atoms with van der Waals surface area (Å²) < 4.78 is 24.3. The summed E-state index contributed by atoms with van der Waals surface area (Å²) in [4.78, 5) is 0. The Bertz CT molecular complexity index is 218. The van der Waals surface area contributed by atoms with Crippen molar-refractivity contribution in [1.82, 2.24) is 0 Å². The van der Waals surface area contributed by atoms with Crippen molar-refractivity contribution < 1.29 is 8.78 Å². The average molecular weight is 127 g/mol. The maximum atomic E-state index is 12.2. The molecule has 0 aliphatic heterocycles. The van der Waals surface area contributed by atoms with Crippen molar-refractivity contribution in [1.29, 1.82) is 0 Å². The van der Waals surface area contributed by atoms with Crippen molar-refractivity contribution in [2.75, 3.05) is 0 Å². The summed E-state index contributed by atoms with van der Waals surface area (Å²) in [6, 6.07) is 3.52. The normalized spacial score (nSPS) is 9.56. The Morgan fingerprint density at radius 2 is 1.78 bits per heavy atom. The molecule has 0 N–H and O–H groups in total. The summed E-state index contributed by atoms with van der Waals surface area (Å²) in [5.74, 6) is -1.68. The maximum absolute atomic E-state index is 12.2. The van der Waals surface area contributed by atoms with Gasteiger partial charge in [-0.25, -0.2) is 8.78 Å². The molecule has 0 saturated heterocycles. The van der Waals surface area contributed by atoms with Crippen LogP contribution in [-0.2, 0) is 0 Å². The third-order valence-corrected chi connectivity index (χ3v) is 0.984. The molecular formula is C7H5F2-. The van der Waals surface area contributed by atoms with Gasteiger partial charge in [0.25, 0.3) is 0 Å². The molecule has 0 aliphatic carbocycles. The molecule has 1 rings (SSSR count). The highest BCUT2D eigenvalue weighted by Crippen LogP contribution is 2.06. The number of halogens is 2. The predicted molar refractivity (Wildman–Crippen MR) is 30.8 cm³/mol. The standard InChI is InChI=1S/C7H5F2/c1-5-2-3-6(8)7(9)4-5/h2-4H,1H2/q-1. The van der Waals surface area contributed by atoms with Crippen LogP contribution in [0.5, 0.6) is 0 Å². The van der Waals surface area contributed by atoms with E-state index in [0.29, 0.717) is 5.56 Å². The van der Waals surface area contributed by atoms with Crippen LogP contribution in [0.1, 0.15) is 5.56 Å². The van der Waals surface area contributed by atoms with Crippen molar-refractivity contribution in [3.05, 3.63) is 42.3 Å². The molecule has 0 spiro atoms. The van der Waals surface area contributed by atoms with Gasteiger partial charge in [0, 0.05) is 0 Å². The first-order valence-corrected chi connectivity index (χ1v) is 2.47. The third kappa shape index (κ3) is 1.19. The van der Waals surface area contributed by atoms with E-state index in [4.69, 9.17) is 0 Å². The molecule has 0 unspecified atom stereocenters. The van der Waals surface area contributed by atoms with E-state index in [-0.39, 0.29) is 0 Å². The fourth-order valence-electron chi connectivity index (χ4n) is 0.540. The monoisotopic (exact) mass is 127 g/mol. The van der Waals surface area contributed by atoms with Gasteiger partial charge in [-0.1, -0.05) is 6.07 Å². The largest absolute Gasteiger partial charge is 0.218 e. The van der Waals surface area contributed by atoms with Crippen molar-refractivity contribution in [2.24, 2.45) is 0 Å². The van der Waals surface area contributed by atoms with E-state index in [0.717, 1.165) is 12.1 Å². The summed E-state index contributed by atoms with van der Waals surface area (Å²) in [5.41, 5.74) is 0.480. The van der Waals surface area contributed by atoms with Crippen LogP contribution in [0.15, 0.2) is 18.2 Å². The van der Waals surface area contributed by atoms with Gasteiger partial charge < -0.3 is 0 Å². The summed E-state index contributed by atoms with van der Waals surface area (Å²) in [6.07, 6.45) is 0. The molecule has 9 heavy (non-hydrogen) atoms. The first-order valence-electron chi connectivity index (χ1n) is 2.47. The number of hydrogen-bond donors (Lipinski definition) is 0. The molecule has 0 nitrogen and oxygen atoms in total. The first-order chi connectivity index (χ1) is 4.20. The molecule has 1 aromatic carbocycles. The Morgan fingerprint density at radius 1 is 1.11 bits per heavy atom. The van der Waals surface area contributed by atoms with Gasteiger partial charge in [-0.3, -0.25) is 0 Å². The topological polar surface area (TPSA) is 0 Å². The first kappa shape index (κ1) is 6.08. The lowest BCUT2D eigenvalue weighted by atomic mass is 10.2. The lowest BCUT2D eigenvalue weighted by molar-refractivity contribution is 0.508. The lowest BCUT2D eigenvalue weighted by Gasteiger charge is -1.99. The summed E-state index contributed by atoms with van der Waals surface area (Å²) in [5, 5.41) is 0. The summed E-state index contributed by atoms with van der Waals surface area (Å²) in [6.45, 7) is 3.42. The molecule has 0 aliphatic rings. The second-order valence-corrected chi connectivity index (χ2v) is 1.75. The van der Waals surface area contributed by atoms with E-state index in [1.54, 1.807) is 0 Å². The van der Waals surface area contributed by atoms with Crippen molar-refractivity contribution in [3.63, 3.8) is 0 Å². The minimum atomic E-state index is -0.845. The van der Waals surface area contributed by atoms with Crippen LogP contribution in [0.25, 0.3) is 0 Å². The molecule has 0 aromatic heterocycles. The van der Waals surface area contributed by atoms with Gasteiger partial charge in [0.05, 0.1) is 0 Å². The Balaban J connectivity index is 3.17. The van der Waals surface area contributed by atoms with Crippen molar-refractivity contribution >= 4 is 0 Å². The second kappa shape index (κ2) is 2.05. The molecule has 48 valence electrons. The number of hydrogen-bond acceptors (Lipinski definition) is 0. The van der Waals surface area contributed by atoms with E-state index < -0.39 is 11.6 Å². The smallest absolute Gasteiger partial charge is 0.134 e. The summed E-state index contributed by atoms with van der Waals surface area (Å²) in [7, 11) is 0. The van der Waals surface area contributed by atoms with E-state index in [9.17, 15) is 8.78 Å². The van der Waals surface area contributed by atoms with Gasteiger partial charge in [0.15, 0.2) is 0 Å². The third-order valence-electron chi connectivity index (χ3n) is 0.984. The van der Waals surface area contributed by atoms with Gasteiger partial charge in [-0.2, -0.15) is 18.6 Å². The highest BCUT2D eigenvalue weighted by Gasteiger charge is 1.91. The fourth-order valence-corrected chi connectivity index (χ4v) is 0.540. The quantitative estimate of drug-likeness (QED) is 0.468. The van der Waals surface area contributed by atoms with Gasteiger partial charge in [0.1, 0.15) is 11.6 Å². The molecule has 0 radical (unpaired) electrons. The van der Waals surface area contributed by atoms with Crippen molar-refractivity contribution in [3.8, 4) is 0 Å². The van der Waals surface area contributed by atoms with Gasteiger partial charge in [-0.05, 0) is 0 Å².